The maximum atomic E-state index is 14.9. The third-order valence-corrected chi connectivity index (χ3v) is 26.3. The minimum absolute atomic E-state index is 0. The number of aliphatic hydroxyl groups excluding tert-OH is 2. The SMILES string of the molecule is C.COc1cc2c(Oc3ccc(NC(=O)C4(C(=O)Nc5ccc(F)cc5)CC4)cc3F)ccnc2cc1O.Cc1ncsc1-c1ccc(CNC(=O)[C@@H]2C[C@@H](O)CN2C(=O)[C@H](C(C)C)N2Cc3ccccc3C2=O)c(O)c1.Cc1ncsc1-c1ccc(CNC(=O)[C@@H]2C[C@@H](O)CN2C(=O)[C@H](C(C)C)N2Cc3ccccc3C2=O)c(OCCOCCOCCI)c1.ICCOCCOCCI.O=CO[O-].[2H]CF.[Cs+].[Cs+].[H-]. The molecule has 6 atom stereocenters. The molecule has 3 aromatic heterocycles. The van der Waals surface area contributed by atoms with Crippen LogP contribution in [-0.2, 0) is 83.6 Å². The number of aryl methyl sites for hydroxylation is 2. The van der Waals surface area contributed by atoms with Crippen LogP contribution in [0.5, 0.6) is 34.5 Å². The molecule has 7 aromatic carbocycles. The number of carbonyl (C=O) groups is 9. The van der Waals surface area contributed by atoms with Crippen LogP contribution in [0, 0.1) is 42.7 Å². The zero-order valence-electron chi connectivity index (χ0n) is 81.9. The molecule has 0 radical (unpaired) electrons. The largest absolute Gasteiger partial charge is 1.00 e. The molecule has 1 saturated carbocycles. The molecule has 4 aliphatic heterocycles. The molecule has 0 spiro atoms. The van der Waals surface area contributed by atoms with E-state index in [9.17, 15) is 72.0 Å². The number of phenolic OH excluding ortho intramolecular Hbond substituents is 2. The van der Waals surface area contributed by atoms with Crippen molar-refractivity contribution in [3.8, 4) is 55.4 Å². The molecule has 2 saturated heterocycles. The molecule has 10 aromatic rings. The quantitative estimate of drug-likeness (QED) is 0.00342. The van der Waals surface area contributed by atoms with Crippen molar-refractivity contribution < 1.29 is 261 Å². The van der Waals surface area contributed by atoms with Crippen molar-refractivity contribution in [3.63, 3.8) is 0 Å². The van der Waals surface area contributed by atoms with E-state index >= 15 is 0 Å². The van der Waals surface area contributed by atoms with E-state index in [1.807, 2.05) is 96.1 Å². The van der Waals surface area contributed by atoms with Gasteiger partial charge >= 0.3 is 138 Å². The molecular formula is C100H117Cs2F3I3N11O22S2. The Balaban J connectivity index is 0.000000305. The Morgan fingerprint density at radius 2 is 1.04 bits per heavy atom. The van der Waals surface area contributed by atoms with Gasteiger partial charge in [-0.1, -0.05) is 164 Å². The maximum absolute atomic E-state index is 14.9. The Hall–Kier alpha value is -6.76. The molecule has 8 amide bonds. The van der Waals surface area contributed by atoms with Crippen LogP contribution < -0.4 is 179 Å². The second-order valence-electron chi connectivity index (χ2n) is 33.1. The van der Waals surface area contributed by atoms with Gasteiger partial charge in [-0.3, -0.25) is 52.5 Å². The number of amides is 8. The summed E-state index contributed by atoms with van der Waals surface area (Å²) in [7, 11) is 0.405. The fourth-order valence-electron chi connectivity index (χ4n) is 16.0. The number of ether oxygens (including phenoxy) is 7. The van der Waals surface area contributed by atoms with Crippen molar-refractivity contribution in [2.45, 2.75) is 137 Å². The van der Waals surface area contributed by atoms with Crippen LogP contribution in [0.3, 0.4) is 0 Å². The summed E-state index contributed by atoms with van der Waals surface area (Å²) in [5.41, 5.74) is 11.0. The number of likely N-dealkylation sites (tertiary alicyclic amines) is 2. The number of phenols is 2. The predicted octanol–water partition coefficient (Wildman–Crippen LogP) is 8.35. The topological polar surface area (TPSA) is 431 Å². The van der Waals surface area contributed by atoms with Crippen LogP contribution in [0.4, 0.5) is 24.5 Å². The average molecular weight is 2590 g/mol. The standard InChI is InChI=1S/C35H43IN4O7S.C29H32N4O5S.C27H21F2N3O5.C6H12I2O2.CH3F.CH2O3.CH4.2Cs.H/c1-22(2)31(40-19-26-6-4-5-7-28(26)34(40)43)35(44)39-20-27(41)17-29(39)33(42)37-18-25-9-8-24(32-23(3)38-21-48-32)16-30(25)47-15-14-46-13-12-45-11-10-36;1-16(2)25(33-13-20-6-4-5-7-22(20)28(33)37)29(38)32-14-21(34)11-23(32)27(36)30-12-19-9-8-18(10-24(19)35)26-17(3)31-15-39-26;1-36-24-13-18-20(14-21(24)33)30-11-8-22(18)37-23-7-6-17(12-19(23)29)32-26(35)27(9-10-27)25(34)31-16-4-2-15(28)3-5-16;7-1-3-9-5-6-10-4-2-8;1-2;2-1-4-3;;;;/h4-9,16,21-22,27,29,31,41H,10-15,17-20H2,1-3H3,(H,37,42);4-10,15-16,21,23,25,34-35H,11-14H2,1-3H3,(H,30,36);2-8,11-14,33H,9-10H2,1H3,(H,31,34)(H,32,35);1-6H2;1H3;1,3H;1H4;;;/q;;;;;;;2*+1;-1/p-1/t27-,29+,31+;21-,23+,25+;;;;;;;;/m11......../s1/i;;;;1D;;;;;. The first kappa shape index (κ1) is 121. The van der Waals surface area contributed by atoms with Gasteiger partial charge in [-0.05, 0) is 134 Å². The van der Waals surface area contributed by atoms with Crippen molar-refractivity contribution in [2.75, 3.05) is 111 Å². The van der Waals surface area contributed by atoms with E-state index in [1.54, 1.807) is 68.6 Å². The number of β-amino-alcohol motifs (C(OH)–C–C–N with tert-alkyl or cyclic N) is 2. The molecule has 33 nitrogen and oxygen atoms in total. The van der Waals surface area contributed by atoms with Gasteiger partial charge < -0.3 is 106 Å². The summed E-state index contributed by atoms with van der Waals surface area (Å²) in [4.78, 5) is 139. The number of thiazole rings is 2. The molecule has 43 heteroatoms. The number of pyridine rings is 1. The Labute approximate surface area is 998 Å². The number of nitrogens with one attached hydrogen (secondary N) is 4. The van der Waals surface area contributed by atoms with E-state index in [2.05, 4.69) is 109 Å². The first-order chi connectivity index (χ1) is 67.9. The van der Waals surface area contributed by atoms with Crippen LogP contribution in [0.25, 0.3) is 31.8 Å². The molecule has 3 fully saturated rings. The van der Waals surface area contributed by atoms with E-state index in [0.29, 0.717) is 98.0 Å². The van der Waals surface area contributed by atoms with Crippen LogP contribution >= 0.6 is 90.4 Å². The van der Waals surface area contributed by atoms with Crippen LogP contribution in [0.15, 0.2) is 163 Å². The van der Waals surface area contributed by atoms with E-state index in [4.69, 9.17) is 44.6 Å². The molecule has 0 unspecified atom stereocenters. The number of alkyl halides is 4. The number of aromatic nitrogens is 3. The summed E-state index contributed by atoms with van der Waals surface area (Å²) in [5.74, 6) is -3.58. The van der Waals surface area contributed by atoms with Gasteiger partial charge in [-0.15, -0.1) is 22.7 Å². The molecule has 8 N–H and O–H groups in total. The second kappa shape index (κ2) is 62.0. The molecular weight excluding hydrogens is 2470 g/mol. The summed E-state index contributed by atoms with van der Waals surface area (Å²) < 4.78 is 85.1. The first-order valence-corrected chi connectivity index (χ1v) is 51.0. The molecule has 7 heterocycles. The summed E-state index contributed by atoms with van der Waals surface area (Å²) in [5, 5.41) is 61.6. The molecule has 5 aliphatic rings. The van der Waals surface area contributed by atoms with Crippen LogP contribution in [0.1, 0.15) is 118 Å². The Morgan fingerprint density at radius 3 is 1.48 bits per heavy atom. The van der Waals surface area contributed by atoms with Gasteiger partial charge in [0, 0.05) is 123 Å². The number of aromatic hydroxyl groups is 2. The van der Waals surface area contributed by atoms with E-state index in [1.165, 1.54) is 83.0 Å². The third-order valence-electron chi connectivity index (χ3n) is 23.0. The third kappa shape index (κ3) is 34.1. The molecule has 1 aliphatic carbocycles. The normalized spacial score (nSPS) is 15.9. The molecule has 143 heavy (non-hydrogen) atoms. The van der Waals surface area contributed by atoms with Crippen molar-refractivity contribution in [1.29, 1.82) is 0 Å². The number of halogens is 6. The number of anilines is 2. The predicted molar refractivity (Wildman–Crippen MR) is 551 cm³/mol. The van der Waals surface area contributed by atoms with Gasteiger partial charge in [-0.25, -0.2) is 18.7 Å². The van der Waals surface area contributed by atoms with Crippen molar-refractivity contribution in [1.82, 2.24) is 45.2 Å². The average Bonchev–Trinajstić information content (AvgIpc) is 1.61. The fourth-order valence-corrected chi connectivity index (χ4v) is 18.5. The summed E-state index contributed by atoms with van der Waals surface area (Å²) in [6.07, 6.45) is 0.653. The maximum Gasteiger partial charge on any atom is 1.00 e. The zero-order valence-corrected chi connectivity index (χ0v) is 101. The number of nitrogens with zero attached hydrogens (tertiary/aromatic N) is 7. The van der Waals surface area contributed by atoms with E-state index < -0.39 is 78.3 Å². The van der Waals surface area contributed by atoms with Gasteiger partial charge in [0.1, 0.15) is 59.3 Å². The Kier molecular flexibility index (Phi) is 52.7. The number of hydrogen-bond acceptors (Lipinski definition) is 27. The number of carbonyl (C=O) groups excluding carboxylic acids is 9. The van der Waals surface area contributed by atoms with E-state index in [0.717, 1.165) is 94.7 Å². The monoisotopic (exact) mass is 2590 g/mol. The first-order valence-electron chi connectivity index (χ1n) is 45.4. The van der Waals surface area contributed by atoms with Gasteiger partial charge in [0.05, 0.1) is 118 Å². The fraction of sp³-hybridized carbons (Fsp3) is 0.400. The van der Waals surface area contributed by atoms with Gasteiger partial charge in [0.2, 0.25) is 35.4 Å². The number of benzene rings is 7. The Morgan fingerprint density at radius 1 is 0.587 bits per heavy atom. The zero-order chi connectivity index (χ0) is 102. The Bertz CT molecular complexity index is 5910. The summed E-state index contributed by atoms with van der Waals surface area (Å²) in [6.45, 7) is 17.7. The number of fused-ring (bicyclic) bond motifs is 3. The van der Waals surface area contributed by atoms with E-state index in [-0.39, 0.29) is 268 Å². The summed E-state index contributed by atoms with van der Waals surface area (Å²) >= 11 is 9.87. The van der Waals surface area contributed by atoms with Gasteiger partial charge in [-0.2, -0.15) is 0 Å². The molecule has 15 rings (SSSR count). The smallest absolute Gasteiger partial charge is 1.00 e. The summed E-state index contributed by atoms with van der Waals surface area (Å²) in [6, 6.07) is 36.1. The van der Waals surface area contributed by atoms with Gasteiger partial charge in [0.25, 0.3) is 18.3 Å². The molecule has 760 valence electrons. The number of aliphatic hydroxyl groups is 2. The minimum Gasteiger partial charge on any atom is -1.00 e. The van der Waals surface area contributed by atoms with Crippen molar-refractivity contribution >= 4 is 166 Å². The minimum atomic E-state index is -1.28. The number of hydrogen-bond donors (Lipinski definition) is 8. The van der Waals surface area contributed by atoms with Crippen LogP contribution in [-0.4, -0.2) is 245 Å². The number of methoxy groups -OCH3 is 1. The molecule has 0 bridgehead atoms. The number of rotatable bonds is 38. The second-order valence-corrected chi connectivity index (χ2v) is 38.1. The van der Waals surface area contributed by atoms with Crippen LogP contribution in [0.2, 0.25) is 0 Å². The van der Waals surface area contributed by atoms with Gasteiger partial charge in [0.15, 0.2) is 23.1 Å². The van der Waals surface area contributed by atoms with Crippen molar-refractivity contribution in [2.24, 2.45) is 17.3 Å². The van der Waals surface area contributed by atoms with Crippen molar-refractivity contribution in [3.05, 3.63) is 219 Å².